The first kappa shape index (κ1) is 13.6. The average Bonchev–Trinajstić information content (AvgIpc) is 2.44. The summed E-state index contributed by atoms with van der Waals surface area (Å²) in [5, 5.41) is 3.12. The summed E-state index contributed by atoms with van der Waals surface area (Å²) < 4.78 is 0. The lowest BCUT2D eigenvalue weighted by atomic mass is 9.91. The van der Waals surface area contributed by atoms with Gasteiger partial charge in [-0.2, -0.15) is 0 Å². The number of anilines is 1. The summed E-state index contributed by atoms with van der Waals surface area (Å²) in [7, 11) is 1.92. The van der Waals surface area contributed by atoms with Crippen molar-refractivity contribution < 1.29 is 0 Å². The molecule has 0 aliphatic rings. The van der Waals surface area contributed by atoms with Crippen LogP contribution in [0.5, 0.6) is 0 Å². The van der Waals surface area contributed by atoms with E-state index in [1.165, 1.54) is 22.3 Å². The molecule has 0 aromatic heterocycles. The van der Waals surface area contributed by atoms with E-state index in [1.807, 2.05) is 7.05 Å². The maximum absolute atomic E-state index is 6.41. The van der Waals surface area contributed by atoms with E-state index in [1.54, 1.807) is 0 Å². The fourth-order valence-corrected chi connectivity index (χ4v) is 2.35. The third-order valence-electron chi connectivity index (χ3n) is 3.99. The third kappa shape index (κ3) is 2.64. The Morgan fingerprint density at radius 2 is 1.53 bits per heavy atom. The van der Waals surface area contributed by atoms with Gasteiger partial charge < -0.3 is 11.1 Å². The Morgan fingerprint density at radius 3 is 2.11 bits per heavy atom. The molecule has 0 saturated heterocycles. The molecule has 1 atom stereocenters. The molecule has 1 unspecified atom stereocenters. The molecule has 100 valence electrons. The molecule has 0 amide bonds. The normalized spacial score (nSPS) is 12.3. The number of nitrogens with one attached hydrogen (secondary N) is 1. The van der Waals surface area contributed by atoms with Crippen LogP contribution in [0.3, 0.4) is 0 Å². The zero-order valence-corrected chi connectivity index (χ0v) is 12.1. The molecule has 0 bridgehead atoms. The van der Waals surface area contributed by atoms with Crippen LogP contribution in [0.15, 0.2) is 36.4 Å². The highest BCUT2D eigenvalue weighted by Crippen LogP contribution is 2.26. The molecular weight excluding hydrogens is 232 g/mol. The zero-order valence-electron chi connectivity index (χ0n) is 12.1. The number of rotatable bonds is 3. The Kier molecular flexibility index (Phi) is 3.91. The van der Waals surface area contributed by atoms with Crippen LogP contribution in [0.1, 0.15) is 33.9 Å². The van der Waals surface area contributed by atoms with Gasteiger partial charge in [-0.25, -0.2) is 0 Å². The van der Waals surface area contributed by atoms with E-state index in [9.17, 15) is 0 Å². The van der Waals surface area contributed by atoms with Crippen molar-refractivity contribution in [1.82, 2.24) is 0 Å². The van der Waals surface area contributed by atoms with Crippen LogP contribution >= 0.6 is 0 Å². The van der Waals surface area contributed by atoms with E-state index in [2.05, 4.69) is 62.5 Å². The number of hydrogen-bond donors (Lipinski definition) is 2. The summed E-state index contributed by atoms with van der Waals surface area (Å²) in [5.41, 5.74) is 13.8. The molecule has 0 spiro atoms. The monoisotopic (exact) mass is 254 g/mol. The lowest BCUT2D eigenvalue weighted by Crippen LogP contribution is -2.14. The lowest BCUT2D eigenvalue weighted by molar-refractivity contribution is 0.857. The summed E-state index contributed by atoms with van der Waals surface area (Å²) >= 11 is 0. The lowest BCUT2D eigenvalue weighted by Gasteiger charge is -2.18. The summed E-state index contributed by atoms with van der Waals surface area (Å²) in [5.74, 6) is 0. The highest BCUT2D eigenvalue weighted by atomic mass is 14.8. The highest BCUT2D eigenvalue weighted by molar-refractivity contribution is 5.48. The topological polar surface area (TPSA) is 38.0 Å². The van der Waals surface area contributed by atoms with Gasteiger partial charge in [0.1, 0.15) is 0 Å². The van der Waals surface area contributed by atoms with Crippen LogP contribution in [0.2, 0.25) is 0 Å². The van der Waals surface area contributed by atoms with Crippen molar-refractivity contribution in [3.63, 3.8) is 0 Å². The average molecular weight is 254 g/mol. The van der Waals surface area contributed by atoms with Crippen molar-refractivity contribution in [2.75, 3.05) is 12.4 Å². The van der Waals surface area contributed by atoms with Crippen molar-refractivity contribution in [1.29, 1.82) is 0 Å². The zero-order chi connectivity index (χ0) is 14.0. The molecule has 0 fully saturated rings. The van der Waals surface area contributed by atoms with Gasteiger partial charge in [-0.15, -0.1) is 0 Å². The summed E-state index contributed by atoms with van der Waals surface area (Å²) in [6.07, 6.45) is 0. The second kappa shape index (κ2) is 5.45. The second-order valence-electron chi connectivity index (χ2n) is 5.07. The fourth-order valence-electron chi connectivity index (χ4n) is 2.35. The number of nitrogens with two attached hydrogens (primary N) is 1. The van der Waals surface area contributed by atoms with Gasteiger partial charge in [0.15, 0.2) is 0 Å². The van der Waals surface area contributed by atoms with Gasteiger partial charge in [-0.05, 0) is 60.7 Å². The first-order valence-corrected chi connectivity index (χ1v) is 6.64. The second-order valence-corrected chi connectivity index (χ2v) is 5.07. The van der Waals surface area contributed by atoms with Crippen LogP contribution in [0.4, 0.5) is 5.69 Å². The molecule has 2 nitrogen and oxygen atoms in total. The minimum atomic E-state index is -0.0646. The molecule has 0 radical (unpaired) electrons. The Bertz CT molecular complexity index is 571. The predicted molar refractivity (Wildman–Crippen MR) is 82.7 cm³/mol. The Labute approximate surface area is 115 Å². The summed E-state index contributed by atoms with van der Waals surface area (Å²) in [6.45, 7) is 6.45. The molecular formula is C17H22N2. The van der Waals surface area contributed by atoms with Crippen molar-refractivity contribution in [3.05, 3.63) is 64.2 Å². The van der Waals surface area contributed by atoms with Crippen molar-refractivity contribution in [2.45, 2.75) is 26.8 Å². The van der Waals surface area contributed by atoms with Crippen molar-refractivity contribution in [3.8, 4) is 0 Å². The summed E-state index contributed by atoms with van der Waals surface area (Å²) in [6, 6.07) is 12.5. The van der Waals surface area contributed by atoms with Gasteiger partial charge >= 0.3 is 0 Å². The molecule has 0 heterocycles. The quantitative estimate of drug-likeness (QED) is 0.876. The molecule has 2 aromatic rings. The van der Waals surface area contributed by atoms with E-state index in [-0.39, 0.29) is 6.04 Å². The van der Waals surface area contributed by atoms with Gasteiger partial charge in [0.05, 0.1) is 6.04 Å². The maximum Gasteiger partial charge on any atom is 0.0554 e. The Hall–Kier alpha value is -1.80. The minimum Gasteiger partial charge on any atom is -0.388 e. The molecule has 0 aliphatic heterocycles. The molecule has 0 aliphatic carbocycles. The maximum atomic E-state index is 6.41. The smallest absolute Gasteiger partial charge is 0.0554 e. The molecule has 2 aromatic carbocycles. The number of hydrogen-bond acceptors (Lipinski definition) is 2. The van der Waals surface area contributed by atoms with Crippen LogP contribution < -0.4 is 11.1 Å². The van der Waals surface area contributed by atoms with Crippen molar-refractivity contribution >= 4 is 5.69 Å². The molecule has 0 saturated carbocycles. The van der Waals surface area contributed by atoms with E-state index in [4.69, 9.17) is 5.73 Å². The van der Waals surface area contributed by atoms with Gasteiger partial charge in [-0.3, -0.25) is 0 Å². The van der Waals surface area contributed by atoms with Crippen LogP contribution in [-0.2, 0) is 0 Å². The molecule has 3 N–H and O–H groups in total. The Morgan fingerprint density at radius 1 is 0.895 bits per heavy atom. The third-order valence-corrected chi connectivity index (χ3v) is 3.99. The van der Waals surface area contributed by atoms with Crippen molar-refractivity contribution in [2.24, 2.45) is 5.73 Å². The van der Waals surface area contributed by atoms with E-state index in [0.29, 0.717) is 0 Å². The van der Waals surface area contributed by atoms with E-state index < -0.39 is 0 Å². The van der Waals surface area contributed by atoms with Crippen LogP contribution in [0.25, 0.3) is 0 Å². The Balaban J connectivity index is 2.38. The number of benzene rings is 2. The molecule has 2 rings (SSSR count). The molecule has 19 heavy (non-hydrogen) atoms. The predicted octanol–water partition coefficient (Wildman–Crippen LogP) is 3.70. The molecule has 2 heteroatoms. The van der Waals surface area contributed by atoms with Gasteiger partial charge in [0, 0.05) is 12.7 Å². The SMILES string of the molecule is CNc1ccc(C(N)c2ccc(C)c(C)c2C)cc1. The van der Waals surface area contributed by atoms with E-state index >= 15 is 0 Å². The highest BCUT2D eigenvalue weighted by Gasteiger charge is 2.13. The fraction of sp³-hybridized carbons (Fsp3) is 0.294. The largest absolute Gasteiger partial charge is 0.388 e. The van der Waals surface area contributed by atoms with Gasteiger partial charge in [0.2, 0.25) is 0 Å². The van der Waals surface area contributed by atoms with Crippen LogP contribution in [0, 0.1) is 20.8 Å². The van der Waals surface area contributed by atoms with Gasteiger partial charge in [0.25, 0.3) is 0 Å². The summed E-state index contributed by atoms with van der Waals surface area (Å²) in [4.78, 5) is 0. The first-order chi connectivity index (χ1) is 9.04. The minimum absolute atomic E-state index is 0.0646. The standard InChI is InChI=1S/C17H22N2/c1-11-5-10-16(13(3)12(11)2)17(18)14-6-8-15(19-4)9-7-14/h5-10,17,19H,18H2,1-4H3. The first-order valence-electron chi connectivity index (χ1n) is 6.64. The van der Waals surface area contributed by atoms with Gasteiger partial charge in [-0.1, -0.05) is 24.3 Å². The van der Waals surface area contributed by atoms with Crippen LogP contribution in [-0.4, -0.2) is 7.05 Å². The van der Waals surface area contributed by atoms with E-state index in [0.717, 1.165) is 11.3 Å². The number of aryl methyl sites for hydroxylation is 1.